The molecule has 4 fully saturated rings. The highest BCUT2D eigenvalue weighted by Crippen LogP contribution is 2.52. The van der Waals surface area contributed by atoms with E-state index in [0.29, 0.717) is 24.9 Å². The number of piperidine rings is 2. The van der Waals surface area contributed by atoms with Crippen molar-refractivity contribution in [2.45, 2.75) is 109 Å². The highest BCUT2D eigenvalue weighted by atomic mass is 16.5. The quantitative estimate of drug-likeness (QED) is 0.137. The summed E-state index contributed by atoms with van der Waals surface area (Å²) in [5.74, 6) is 1.43. The van der Waals surface area contributed by atoms with Gasteiger partial charge in [0.25, 0.3) is 0 Å². The van der Waals surface area contributed by atoms with Gasteiger partial charge in [-0.15, -0.1) is 0 Å². The number of aromatic nitrogens is 2. The number of aromatic amines is 1. The van der Waals surface area contributed by atoms with Crippen LogP contribution < -0.4 is 10.6 Å². The van der Waals surface area contributed by atoms with Gasteiger partial charge < -0.3 is 39.3 Å². The number of likely N-dealkylation sites (N-methyl/N-ethyl adjacent to an activating group) is 1. The Bertz CT molecular complexity index is 2460. The lowest BCUT2D eigenvalue weighted by Gasteiger charge is -2.46. The van der Waals surface area contributed by atoms with Crippen LogP contribution in [0.5, 0.6) is 0 Å². The number of ether oxygens (including phenoxy) is 2. The Labute approximate surface area is 374 Å². The monoisotopic (exact) mass is 874 g/mol. The van der Waals surface area contributed by atoms with Crippen LogP contribution >= 0.6 is 0 Å². The number of aryl methyl sites for hydroxylation is 1. The van der Waals surface area contributed by atoms with Gasteiger partial charge in [0.2, 0.25) is 11.8 Å². The van der Waals surface area contributed by atoms with Crippen LogP contribution in [-0.2, 0) is 19.1 Å². The summed E-state index contributed by atoms with van der Waals surface area (Å²) in [4.78, 5) is 72.8. The number of alkyl carbamates (subject to hydrolysis) is 2. The second-order valence-electron chi connectivity index (χ2n) is 19.6. The summed E-state index contributed by atoms with van der Waals surface area (Å²) >= 11 is 0. The van der Waals surface area contributed by atoms with Crippen LogP contribution in [0.4, 0.5) is 9.59 Å². The van der Waals surface area contributed by atoms with Crippen molar-refractivity contribution in [1.82, 2.24) is 35.3 Å². The van der Waals surface area contributed by atoms with Crippen LogP contribution in [0, 0.1) is 36.5 Å². The van der Waals surface area contributed by atoms with E-state index in [0.717, 1.165) is 88.8 Å². The lowest BCUT2D eigenvalue weighted by atomic mass is 9.88. The first-order chi connectivity index (χ1) is 30.7. The number of amides is 4. The molecule has 3 N–H and O–H groups in total. The normalized spacial score (nSPS) is 27.2. The zero-order valence-electron chi connectivity index (χ0n) is 38.2. The predicted octanol–water partition coefficient (Wildman–Crippen LogP) is 7.62. The second kappa shape index (κ2) is 17.0. The molecule has 2 aromatic carbocycles. The molecular formula is C49H62N8O7. The highest BCUT2D eigenvalue weighted by molar-refractivity contribution is 6.03. The van der Waals surface area contributed by atoms with Gasteiger partial charge in [-0.1, -0.05) is 58.0 Å². The number of carbonyl (C=O) groups excluding carboxylic acids is 4. The number of carbonyl (C=O) groups is 4. The fourth-order valence-corrected chi connectivity index (χ4v) is 11.8. The number of nitrogens with one attached hydrogen (secondary N) is 3. The molecule has 2 saturated heterocycles. The maximum atomic E-state index is 14.2. The number of furan rings is 1. The number of aliphatic imine (C=N–C) groups is 1. The molecule has 5 aliphatic rings. The van der Waals surface area contributed by atoms with Gasteiger partial charge >= 0.3 is 12.2 Å². The Kier molecular flexibility index (Phi) is 11.6. The summed E-state index contributed by atoms with van der Waals surface area (Å²) in [5, 5.41) is 6.59. The Morgan fingerprint density at radius 2 is 1.56 bits per heavy atom. The molecule has 3 aliphatic heterocycles. The summed E-state index contributed by atoms with van der Waals surface area (Å²) in [7, 11) is 4.73. The van der Waals surface area contributed by atoms with Gasteiger partial charge in [-0.05, 0) is 110 Å². The van der Waals surface area contributed by atoms with E-state index < -0.39 is 29.8 Å². The molecular weight excluding hydrogens is 813 g/mol. The largest absolute Gasteiger partial charge is 0.463 e. The van der Waals surface area contributed by atoms with Gasteiger partial charge in [0.15, 0.2) is 0 Å². The number of fused-ring (bicyclic) bond motifs is 5. The highest BCUT2D eigenvalue weighted by Gasteiger charge is 2.60. The predicted molar refractivity (Wildman–Crippen MR) is 242 cm³/mol. The third-order valence-corrected chi connectivity index (χ3v) is 15.1. The maximum absolute atomic E-state index is 14.2. The van der Waals surface area contributed by atoms with Gasteiger partial charge in [-0.25, -0.2) is 14.6 Å². The first-order valence-corrected chi connectivity index (χ1v) is 23.0. The number of rotatable bonds is 11. The molecule has 9 unspecified atom stereocenters. The van der Waals surface area contributed by atoms with Gasteiger partial charge in [0, 0.05) is 30.3 Å². The van der Waals surface area contributed by atoms with E-state index in [1.54, 1.807) is 6.26 Å². The minimum atomic E-state index is -0.713. The van der Waals surface area contributed by atoms with E-state index >= 15 is 0 Å². The van der Waals surface area contributed by atoms with Gasteiger partial charge in [0.1, 0.15) is 29.7 Å². The van der Waals surface area contributed by atoms with Gasteiger partial charge in [-0.2, -0.15) is 0 Å². The van der Waals surface area contributed by atoms with E-state index in [1.165, 1.54) is 14.2 Å². The molecule has 9 rings (SSSR count). The van der Waals surface area contributed by atoms with Gasteiger partial charge in [-0.3, -0.25) is 19.5 Å². The number of hydrogen-bond donors (Lipinski definition) is 3. The topological polar surface area (TPSA) is 175 Å². The van der Waals surface area contributed by atoms with Crippen LogP contribution in [0.2, 0.25) is 0 Å². The van der Waals surface area contributed by atoms with Crippen LogP contribution in [-0.4, -0.2) is 113 Å². The van der Waals surface area contributed by atoms with Crippen molar-refractivity contribution in [2.75, 3.05) is 34.4 Å². The number of methoxy groups -OCH3 is 2. The standard InChI is InChI=1S/C49H62N8O7/c1-26(2)39(53-47(60)62-7)44(58)56-23-29-9-10-33(19-29)41(56)43-50-21-36(52-43)35-16-15-34(38-28(5)25-64-42(35)38)31-11-13-32(14-12-31)37-22-51-46(55(37)6)49-18-17-30(20-49)24-57(49)45(59)40(27(3)4)54-48(61)63-8/h11-16,21-22,25-27,29-30,33,37,39-41,46H,9-10,17-20,23-24H2,1-8H3,(H,50,52)(H,53,60)(H,54,61). The zero-order valence-corrected chi connectivity index (χ0v) is 38.2. The minimum Gasteiger partial charge on any atom is -0.463 e. The van der Waals surface area contributed by atoms with Crippen LogP contribution in [0.3, 0.4) is 0 Å². The fraction of sp³-hybridized carbons (Fsp3) is 0.551. The molecule has 15 nitrogen and oxygen atoms in total. The van der Waals surface area contributed by atoms with Crippen molar-refractivity contribution < 1.29 is 33.1 Å². The first kappa shape index (κ1) is 43.5. The average Bonchev–Trinajstić information content (AvgIpc) is 4.17. The zero-order chi connectivity index (χ0) is 45.2. The summed E-state index contributed by atoms with van der Waals surface area (Å²) in [6.07, 6.45) is 10.2. The van der Waals surface area contributed by atoms with Crippen molar-refractivity contribution in [2.24, 2.45) is 34.6 Å². The van der Waals surface area contributed by atoms with E-state index in [9.17, 15) is 19.2 Å². The number of imidazole rings is 1. The van der Waals surface area contributed by atoms with Crippen molar-refractivity contribution >= 4 is 41.2 Å². The molecule has 2 aromatic heterocycles. The van der Waals surface area contributed by atoms with E-state index in [1.807, 2.05) is 49.9 Å². The molecule has 4 bridgehead atoms. The van der Waals surface area contributed by atoms with Gasteiger partial charge in [0.05, 0.1) is 50.0 Å². The summed E-state index contributed by atoms with van der Waals surface area (Å²) in [5.41, 5.74) is 6.24. The molecule has 64 heavy (non-hydrogen) atoms. The van der Waals surface area contributed by atoms with Crippen LogP contribution in [0.15, 0.2) is 58.3 Å². The van der Waals surface area contributed by atoms with E-state index in [-0.39, 0.29) is 47.8 Å². The van der Waals surface area contributed by atoms with Crippen molar-refractivity contribution in [3.63, 3.8) is 0 Å². The molecule has 0 spiro atoms. The van der Waals surface area contributed by atoms with Crippen LogP contribution in [0.25, 0.3) is 33.4 Å². The molecule has 4 amide bonds. The van der Waals surface area contributed by atoms with Crippen molar-refractivity contribution in [3.05, 3.63) is 65.8 Å². The van der Waals surface area contributed by atoms with E-state index in [4.69, 9.17) is 23.9 Å². The number of benzene rings is 2. The first-order valence-electron chi connectivity index (χ1n) is 23.0. The lowest BCUT2D eigenvalue weighted by molar-refractivity contribution is -0.142. The molecule has 2 saturated carbocycles. The Morgan fingerprint density at radius 1 is 0.875 bits per heavy atom. The molecule has 340 valence electrons. The summed E-state index contributed by atoms with van der Waals surface area (Å²) in [6, 6.07) is 11.1. The molecule has 4 aromatic rings. The smallest absolute Gasteiger partial charge is 0.407 e. The molecule has 0 radical (unpaired) electrons. The average molecular weight is 875 g/mol. The Morgan fingerprint density at radius 3 is 2.23 bits per heavy atom. The number of likely N-dealkylation sites (tertiary alicyclic amines) is 2. The third-order valence-electron chi connectivity index (χ3n) is 15.1. The third kappa shape index (κ3) is 7.42. The Hall–Kier alpha value is -5.70. The summed E-state index contributed by atoms with van der Waals surface area (Å²) < 4.78 is 16.0. The molecule has 5 heterocycles. The number of H-pyrrole nitrogens is 1. The van der Waals surface area contributed by atoms with E-state index in [2.05, 4.69) is 70.9 Å². The lowest BCUT2D eigenvalue weighted by Crippen LogP contribution is -2.63. The number of nitrogens with zero attached hydrogens (tertiary/aromatic N) is 5. The molecule has 15 heteroatoms. The van der Waals surface area contributed by atoms with Crippen molar-refractivity contribution in [1.29, 1.82) is 0 Å². The Balaban J connectivity index is 0.949. The summed E-state index contributed by atoms with van der Waals surface area (Å²) in [6.45, 7) is 11.1. The van der Waals surface area contributed by atoms with Crippen LogP contribution in [0.1, 0.15) is 95.3 Å². The fourth-order valence-electron chi connectivity index (χ4n) is 11.8. The second-order valence-corrected chi connectivity index (χ2v) is 19.6. The van der Waals surface area contributed by atoms with Crippen molar-refractivity contribution in [3.8, 4) is 22.4 Å². The maximum Gasteiger partial charge on any atom is 0.407 e. The number of hydrogen-bond acceptors (Lipinski definition) is 10. The molecule has 2 aliphatic carbocycles. The SMILES string of the molecule is COC(=O)NC(C(=O)N1CC2CCC(C2)C1c1ncc(-c2ccc(-c3ccc(C4C=NC(C56CCC(CN5C(=O)C(NC(=O)OC)C(C)C)C6)N4C)cc3)c3c(C)coc23)[nH]1)C(C)C. The molecule has 9 atom stereocenters. The minimum absolute atomic E-state index is 0.0698.